The lowest BCUT2D eigenvalue weighted by Crippen LogP contribution is -2.54. The van der Waals surface area contributed by atoms with E-state index in [0.29, 0.717) is 19.5 Å². The summed E-state index contributed by atoms with van der Waals surface area (Å²) in [6, 6.07) is 1.96. The molecule has 1 heterocycles. The van der Waals surface area contributed by atoms with Gasteiger partial charge in [0.15, 0.2) is 0 Å². The van der Waals surface area contributed by atoms with Crippen LogP contribution in [0.15, 0.2) is 12.1 Å². The van der Waals surface area contributed by atoms with Crippen LogP contribution in [0, 0.1) is 28.3 Å². The van der Waals surface area contributed by atoms with Gasteiger partial charge in [-0.1, -0.05) is 13.8 Å². The SMILES string of the molecule is Cc1cc(F)cc(C(=O)N2CCC(N)C(C)(C)C2)c1[N+](=O)[O-]. The molecule has 120 valence electrons. The normalized spacial score (nSPS) is 20.8. The molecule has 0 radical (unpaired) electrons. The van der Waals surface area contributed by atoms with Gasteiger partial charge in [-0.05, 0) is 30.9 Å². The molecule has 0 aromatic heterocycles. The third kappa shape index (κ3) is 2.94. The summed E-state index contributed by atoms with van der Waals surface area (Å²) in [5.74, 6) is -1.17. The number of amides is 1. The lowest BCUT2D eigenvalue weighted by Gasteiger charge is -2.42. The molecule has 22 heavy (non-hydrogen) atoms. The van der Waals surface area contributed by atoms with Crippen LogP contribution >= 0.6 is 0 Å². The molecule has 1 aliphatic heterocycles. The number of nitrogens with zero attached hydrogens (tertiary/aromatic N) is 2. The number of hydrogen-bond donors (Lipinski definition) is 1. The van der Waals surface area contributed by atoms with Gasteiger partial charge < -0.3 is 10.6 Å². The summed E-state index contributed by atoms with van der Waals surface area (Å²) in [7, 11) is 0. The largest absolute Gasteiger partial charge is 0.338 e. The predicted molar refractivity (Wildman–Crippen MR) is 80.1 cm³/mol. The number of likely N-dealkylation sites (tertiary alicyclic amines) is 1. The summed E-state index contributed by atoms with van der Waals surface area (Å²) in [6.07, 6.45) is 0.612. The second-order valence-corrected chi connectivity index (χ2v) is 6.49. The van der Waals surface area contributed by atoms with Crippen molar-refractivity contribution in [3.63, 3.8) is 0 Å². The Balaban J connectivity index is 2.40. The van der Waals surface area contributed by atoms with E-state index in [0.717, 1.165) is 12.1 Å². The number of halogens is 1. The molecular weight excluding hydrogens is 289 g/mol. The molecule has 1 aromatic carbocycles. The first-order chi connectivity index (χ1) is 10.1. The monoisotopic (exact) mass is 309 g/mol. The minimum atomic E-state index is -0.653. The van der Waals surface area contributed by atoms with Crippen LogP contribution in [-0.4, -0.2) is 34.9 Å². The number of carbonyl (C=O) groups excluding carboxylic acids is 1. The summed E-state index contributed by atoms with van der Waals surface area (Å²) in [6.45, 7) is 6.12. The van der Waals surface area contributed by atoms with Crippen LogP contribution < -0.4 is 5.73 Å². The van der Waals surface area contributed by atoms with Gasteiger partial charge in [0.05, 0.1) is 4.92 Å². The topological polar surface area (TPSA) is 89.5 Å². The summed E-state index contributed by atoms with van der Waals surface area (Å²) in [5, 5.41) is 11.2. The molecular formula is C15H20FN3O3. The van der Waals surface area contributed by atoms with E-state index in [1.165, 1.54) is 11.8 Å². The van der Waals surface area contributed by atoms with Crippen molar-refractivity contribution < 1.29 is 14.1 Å². The number of nitro benzene ring substituents is 1. The van der Waals surface area contributed by atoms with Crippen LogP contribution in [0.1, 0.15) is 36.2 Å². The lowest BCUT2D eigenvalue weighted by molar-refractivity contribution is -0.385. The first-order valence-electron chi connectivity index (χ1n) is 7.13. The summed E-state index contributed by atoms with van der Waals surface area (Å²) >= 11 is 0. The highest BCUT2D eigenvalue weighted by atomic mass is 19.1. The van der Waals surface area contributed by atoms with E-state index in [4.69, 9.17) is 5.73 Å². The number of piperidine rings is 1. The fourth-order valence-corrected chi connectivity index (χ4v) is 2.86. The average molecular weight is 309 g/mol. The Hall–Kier alpha value is -2.02. The Labute approximate surface area is 128 Å². The van der Waals surface area contributed by atoms with Crippen molar-refractivity contribution in [3.05, 3.63) is 39.2 Å². The standard InChI is InChI=1S/C15H20FN3O3/c1-9-6-10(16)7-11(13(9)19(21)22)14(20)18-5-4-12(17)15(2,3)8-18/h6-7,12H,4-5,8,17H2,1-3H3. The number of nitro groups is 1. The average Bonchev–Trinajstić information content (AvgIpc) is 2.39. The highest BCUT2D eigenvalue weighted by Gasteiger charge is 2.37. The Morgan fingerprint density at radius 2 is 2.14 bits per heavy atom. The van der Waals surface area contributed by atoms with E-state index in [2.05, 4.69) is 0 Å². The second-order valence-electron chi connectivity index (χ2n) is 6.49. The summed E-state index contributed by atoms with van der Waals surface area (Å²) in [5.41, 5.74) is 5.35. The molecule has 1 aliphatic rings. The molecule has 7 heteroatoms. The van der Waals surface area contributed by atoms with Gasteiger partial charge in [-0.15, -0.1) is 0 Å². The minimum absolute atomic E-state index is 0.0409. The molecule has 0 aliphatic carbocycles. The van der Waals surface area contributed by atoms with E-state index < -0.39 is 16.6 Å². The van der Waals surface area contributed by atoms with Crippen LogP contribution in [0.4, 0.5) is 10.1 Å². The molecule has 1 fully saturated rings. The third-order valence-electron chi connectivity index (χ3n) is 4.28. The van der Waals surface area contributed by atoms with Crippen molar-refractivity contribution in [2.75, 3.05) is 13.1 Å². The Morgan fingerprint density at radius 1 is 1.50 bits per heavy atom. The lowest BCUT2D eigenvalue weighted by atomic mass is 9.79. The van der Waals surface area contributed by atoms with Crippen LogP contribution in [-0.2, 0) is 0 Å². The van der Waals surface area contributed by atoms with Gasteiger partial charge in [-0.2, -0.15) is 0 Å². The Bertz CT molecular complexity index is 631. The van der Waals surface area contributed by atoms with E-state index in [9.17, 15) is 19.3 Å². The maximum absolute atomic E-state index is 13.6. The smallest absolute Gasteiger partial charge is 0.285 e. The van der Waals surface area contributed by atoms with E-state index in [1.807, 2.05) is 13.8 Å². The van der Waals surface area contributed by atoms with E-state index in [1.54, 1.807) is 0 Å². The quantitative estimate of drug-likeness (QED) is 0.670. The zero-order valence-electron chi connectivity index (χ0n) is 12.9. The van der Waals surface area contributed by atoms with Gasteiger partial charge in [-0.3, -0.25) is 14.9 Å². The van der Waals surface area contributed by atoms with Crippen molar-refractivity contribution in [1.82, 2.24) is 4.90 Å². The highest BCUT2D eigenvalue weighted by molar-refractivity contribution is 5.98. The zero-order chi connectivity index (χ0) is 16.7. The minimum Gasteiger partial charge on any atom is -0.338 e. The van der Waals surface area contributed by atoms with Crippen molar-refractivity contribution >= 4 is 11.6 Å². The molecule has 1 saturated heterocycles. The fourth-order valence-electron chi connectivity index (χ4n) is 2.86. The Kier molecular flexibility index (Phi) is 4.19. The van der Waals surface area contributed by atoms with Crippen LogP contribution in [0.25, 0.3) is 0 Å². The molecule has 1 amide bonds. The first kappa shape index (κ1) is 16.4. The van der Waals surface area contributed by atoms with E-state index in [-0.39, 0.29) is 28.3 Å². The summed E-state index contributed by atoms with van der Waals surface area (Å²) < 4.78 is 13.6. The van der Waals surface area contributed by atoms with Gasteiger partial charge in [0.1, 0.15) is 11.4 Å². The van der Waals surface area contributed by atoms with Crippen LogP contribution in [0.2, 0.25) is 0 Å². The molecule has 0 spiro atoms. The molecule has 1 aromatic rings. The van der Waals surface area contributed by atoms with Crippen LogP contribution in [0.3, 0.4) is 0 Å². The number of benzene rings is 1. The molecule has 6 nitrogen and oxygen atoms in total. The van der Waals surface area contributed by atoms with Crippen molar-refractivity contribution in [1.29, 1.82) is 0 Å². The Morgan fingerprint density at radius 3 is 2.68 bits per heavy atom. The number of hydrogen-bond acceptors (Lipinski definition) is 4. The molecule has 1 unspecified atom stereocenters. The number of carbonyl (C=O) groups is 1. The summed E-state index contributed by atoms with van der Waals surface area (Å²) in [4.78, 5) is 24.7. The molecule has 0 saturated carbocycles. The number of rotatable bonds is 2. The maximum atomic E-state index is 13.6. The van der Waals surface area contributed by atoms with Gasteiger partial charge in [0.25, 0.3) is 11.6 Å². The molecule has 2 rings (SSSR count). The van der Waals surface area contributed by atoms with Crippen molar-refractivity contribution in [3.8, 4) is 0 Å². The molecule has 1 atom stereocenters. The number of nitrogens with two attached hydrogens (primary N) is 1. The van der Waals surface area contributed by atoms with Crippen LogP contribution in [0.5, 0.6) is 0 Å². The fraction of sp³-hybridized carbons (Fsp3) is 0.533. The number of aryl methyl sites for hydroxylation is 1. The first-order valence-corrected chi connectivity index (χ1v) is 7.13. The zero-order valence-corrected chi connectivity index (χ0v) is 12.9. The van der Waals surface area contributed by atoms with Gasteiger partial charge in [0.2, 0.25) is 0 Å². The van der Waals surface area contributed by atoms with Gasteiger partial charge >= 0.3 is 0 Å². The predicted octanol–water partition coefficient (Wildman–Crippen LogP) is 2.24. The van der Waals surface area contributed by atoms with Gasteiger partial charge in [-0.25, -0.2) is 4.39 Å². The third-order valence-corrected chi connectivity index (χ3v) is 4.28. The van der Waals surface area contributed by atoms with Crippen molar-refractivity contribution in [2.24, 2.45) is 11.1 Å². The van der Waals surface area contributed by atoms with E-state index >= 15 is 0 Å². The molecule has 2 N–H and O–H groups in total. The highest BCUT2D eigenvalue weighted by Crippen LogP contribution is 2.31. The maximum Gasteiger partial charge on any atom is 0.285 e. The second kappa shape index (κ2) is 5.64. The van der Waals surface area contributed by atoms with Crippen molar-refractivity contribution in [2.45, 2.75) is 33.2 Å². The molecule has 0 bridgehead atoms. The van der Waals surface area contributed by atoms with Gasteiger partial charge in [0, 0.05) is 24.7 Å².